The smallest absolute Gasteiger partial charge is 0.311 e. The van der Waals surface area contributed by atoms with Crippen LogP contribution in [-0.2, 0) is 9.32 Å². The topological polar surface area (TPSA) is 26.3 Å². The summed E-state index contributed by atoms with van der Waals surface area (Å²) in [7, 11) is 2.05. The molecule has 1 aliphatic rings. The van der Waals surface area contributed by atoms with Crippen molar-refractivity contribution in [2.75, 3.05) is 0 Å². The van der Waals surface area contributed by atoms with Gasteiger partial charge in [0.05, 0.1) is 15.4 Å². The zero-order chi connectivity index (χ0) is 13.8. The molecule has 2 nitrogen and oxygen atoms in total. The lowest BCUT2D eigenvalue weighted by Crippen LogP contribution is -2.20. The van der Waals surface area contributed by atoms with Gasteiger partial charge in [-0.15, -0.1) is 0 Å². The fourth-order valence-electron chi connectivity index (χ4n) is 2.51. The molecule has 0 N–H and O–H groups in total. The van der Waals surface area contributed by atoms with Crippen LogP contribution in [0, 0.1) is 11.3 Å². The molecule has 102 valence electrons. The molecular formula is C15H25O2P. The predicted octanol–water partition coefficient (Wildman–Crippen LogP) is 4.43. The van der Waals surface area contributed by atoms with Crippen LogP contribution in [0.3, 0.4) is 0 Å². The van der Waals surface area contributed by atoms with Crippen LogP contribution < -0.4 is 0 Å². The molecule has 2 unspecified atom stereocenters. The fourth-order valence-corrected chi connectivity index (χ4v) is 2.70. The largest absolute Gasteiger partial charge is 0.451 e. The SMILES string of the molecule is CCC=C(C1=CCC(C(=O)OP)CC1)C(C)(C)C. The monoisotopic (exact) mass is 268 g/mol. The van der Waals surface area contributed by atoms with E-state index in [0.29, 0.717) is 0 Å². The van der Waals surface area contributed by atoms with Gasteiger partial charge in [-0.1, -0.05) is 39.8 Å². The maximum atomic E-state index is 11.5. The van der Waals surface area contributed by atoms with E-state index in [-0.39, 0.29) is 17.3 Å². The lowest BCUT2D eigenvalue weighted by molar-refractivity contribution is -0.137. The minimum absolute atomic E-state index is 0.0362. The first kappa shape index (κ1) is 15.4. The zero-order valence-electron chi connectivity index (χ0n) is 12.0. The Morgan fingerprint density at radius 1 is 1.56 bits per heavy atom. The van der Waals surface area contributed by atoms with Crippen molar-refractivity contribution in [2.24, 2.45) is 11.3 Å². The fraction of sp³-hybridized carbons (Fsp3) is 0.667. The summed E-state index contributed by atoms with van der Waals surface area (Å²) in [6, 6.07) is 0. The highest BCUT2D eigenvalue weighted by molar-refractivity contribution is 7.10. The van der Waals surface area contributed by atoms with Gasteiger partial charge in [0.25, 0.3) is 0 Å². The van der Waals surface area contributed by atoms with E-state index in [1.165, 1.54) is 11.1 Å². The third-order valence-electron chi connectivity index (χ3n) is 3.42. The quantitative estimate of drug-likeness (QED) is 0.708. The molecule has 0 bridgehead atoms. The summed E-state index contributed by atoms with van der Waals surface area (Å²) in [5.41, 5.74) is 3.02. The molecule has 0 saturated carbocycles. The van der Waals surface area contributed by atoms with Crippen LogP contribution in [0.4, 0.5) is 0 Å². The standard InChI is InChI=1S/C15H25O2P/c1-5-6-13(15(2,3)4)11-7-9-12(10-8-11)14(16)17-18/h6-7,12H,5,8-10,18H2,1-4H3. The van der Waals surface area contributed by atoms with Gasteiger partial charge in [0.1, 0.15) is 0 Å². The van der Waals surface area contributed by atoms with Crippen LogP contribution in [0.5, 0.6) is 0 Å². The van der Waals surface area contributed by atoms with E-state index >= 15 is 0 Å². The average molecular weight is 268 g/mol. The molecule has 3 heteroatoms. The zero-order valence-corrected chi connectivity index (χ0v) is 13.1. The Morgan fingerprint density at radius 3 is 2.61 bits per heavy atom. The van der Waals surface area contributed by atoms with Gasteiger partial charge in [-0.25, -0.2) is 0 Å². The van der Waals surface area contributed by atoms with Crippen LogP contribution in [0.15, 0.2) is 23.3 Å². The van der Waals surface area contributed by atoms with Crippen LogP contribution in [0.25, 0.3) is 0 Å². The van der Waals surface area contributed by atoms with Crippen molar-refractivity contribution in [2.45, 2.75) is 53.4 Å². The number of allylic oxidation sites excluding steroid dienone is 4. The van der Waals surface area contributed by atoms with Crippen LogP contribution in [-0.4, -0.2) is 5.97 Å². The highest BCUT2D eigenvalue weighted by Gasteiger charge is 2.26. The molecular weight excluding hydrogens is 243 g/mol. The van der Waals surface area contributed by atoms with Crippen molar-refractivity contribution in [3.8, 4) is 0 Å². The molecule has 0 aromatic carbocycles. The Hall–Kier alpha value is -0.620. The van der Waals surface area contributed by atoms with Crippen molar-refractivity contribution in [3.63, 3.8) is 0 Å². The van der Waals surface area contributed by atoms with E-state index in [1.54, 1.807) is 0 Å². The summed E-state index contributed by atoms with van der Waals surface area (Å²) in [6.45, 7) is 8.92. The van der Waals surface area contributed by atoms with E-state index in [2.05, 4.69) is 39.8 Å². The van der Waals surface area contributed by atoms with Gasteiger partial charge in [0.2, 0.25) is 0 Å². The summed E-state index contributed by atoms with van der Waals surface area (Å²) in [4.78, 5) is 11.5. The minimum atomic E-state index is -0.105. The number of hydrogen-bond donors (Lipinski definition) is 0. The third kappa shape index (κ3) is 3.95. The van der Waals surface area contributed by atoms with Gasteiger partial charge in [-0.05, 0) is 42.2 Å². The van der Waals surface area contributed by atoms with Gasteiger partial charge in [0, 0.05) is 0 Å². The molecule has 0 amide bonds. The summed E-state index contributed by atoms with van der Waals surface area (Å²) in [5, 5.41) is 0. The first-order chi connectivity index (χ1) is 8.40. The molecule has 2 atom stereocenters. The number of carbonyl (C=O) groups excluding carboxylic acids is 1. The molecule has 18 heavy (non-hydrogen) atoms. The van der Waals surface area contributed by atoms with Gasteiger partial charge >= 0.3 is 5.97 Å². The number of rotatable bonds is 3. The van der Waals surface area contributed by atoms with E-state index in [0.717, 1.165) is 25.7 Å². The highest BCUT2D eigenvalue weighted by atomic mass is 31.0. The van der Waals surface area contributed by atoms with Gasteiger partial charge in [0.15, 0.2) is 0 Å². The van der Waals surface area contributed by atoms with Crippen molar-refractivity contribution in [3.05, 3.63) is 23.3 Å². The molecule has 0 spiro atoms. The summed E-state index contributed by atoms with van der Waals surface area (Å²) >= 11 is 0. The molecule has 1 aliphatic carbocycles. The minimum Gasteiger partial charge on any atom is -0.451 e. The van der Waals surface area contributed by atoms with Crippen molar-refractivity contribution >= 4 is 15.4 Å². The first-order valence-corrected chi connectivity index (χ1v) is 7.18. The molecule has 0 aromatic heterocycles. The Labute approximate surface area is 113 Å². The second kappa shape index (κ2) is 6.52. The van der Waals surface area contributed by atoms with E-state index in [4.69, 9.17) is 4.52 Å². The Kier molecular flexibility index (Phi) is 5.59. The molecule has 0 fully saturated rings. The van der Waals surface area contributed by atoms with Gasteiger partial charge in [-0.3, -0.25) is 4.79 Å². The number of carbonyl (C=O) groups is 1. The summed E-state index contributed by atoms with van der Waals surface area (Å²) in [6.07, 6.45) is 8.28. The average Bonchev–Trinajstić information content (AvgIpc) is 2.34. The maximum Gasteiger partial charge on any atom is 0.311 e. The van der Waals surface area contributed by atoms with Crippen LogP contribution in [0.1, 0.15) is 53.4 Å². The highest BCUT2D eigenvalue weighted by Crippen LogP contribution is 2.37. The predicted molar refractivity (Wildman–Crippen MR) is 79.1 cm³/mol. The Bertz CT molecular complexity index is 361. The maximum absolute atomic E-state index is 11.5. The van der Waals surface area contributed by atoms with E-state index in [1.807, 2.05) is 9.47 Å². The first-order valence-electron chi connectivity index (χ1n) is 6.70. The van der Waals surface area contributed by atoms with Crippen molar-refractivity contribution < 1.29 is 9.32 Å². The molecule has 1 rings (SSSR count). The summed E-state index contributed by atoms with van der Waals surface area (Å²) < 4.78 is 4.73. The molecule has 0 aromatic rings. The van der Waals surface area contributed by atoms with E-state index in [9.17, 15) is 4.79 Å². The van der Waals surface area contributed by atoms with Crippen LogP contribution >= 0.6 is 9.47 Å². The third-order valence-corrected chi connectivity index (χ3v) is 3.65. The van der Waals surface area contributed by atoms with Gasteiger partial charge in [-0.2, -0.15) is 0 Å². The second-order valence-corrected chi connectivity index (χ2v) is 6.15. The van der Waals surface area contributed by atoms with Crippen molar-refractivity contribution in [1.82, 2.24) is 0 Å². The molecule has 0 saturated heterocycles. The van der Waals surface area contributed by atoms with Crippen LogP contribution in [0.2, 0.25) is 0 Å². The Balaban J connectivity index is 2.83. The normalized spacial score (nSPS) is 21.5. The molecule has 0 aliphatic heterocycles. The number of hydrogen-bond acceptors (Lipinski definition) is 2. The molecule has 0 heterocycles. The second-order valence-electron chi connectivity index (χ2n) is 5.91. The summed E-state index contributed by atoms with van der Waals surface area (Å²) in [5.74, 6) is -0.0684. The Morgan fingerprint density at radius 2 is 2.22 bits per heavy atom. The van der Waals surface area contributed by atoms with E-state index < -0.39 is 0 Å². The lowest BCUT2D eigenvalue weighted by Gasteiger charge is -2.29. The lowest BCUT2D eigenvalue weighted by atomic mass is 9.76. The van der Waals surface area contributed by atoms with Crippen molar-refractivity contribution in [1.29, 1.82) is 0 Å². The van der Waals surface area contributed by atoms with Gasteiger partial charge < -0.3 is 4.52 Å². The molecule has 0 radical (unpaired) electrons.